The van der Waals surface area contributed by atoms with E-state index in [4.69, 9.17) is 101 Å². The molecule has 0 aromatic rings. The molecule has 0 radical (unpaired) electrons. The van der Waals surface area contributed by atoms with E-state index in [2.05, 4.69) is 47.4 Å². The molecule has 0 rings (SSSR count). The Bertz CT molecular complexity index is 2180. The Kier molecular flexibility index (Phi) is 85.2. The number of hydrogen-bond acceptors (Lipinski definition) is 52. The molecule has 32 N–H and O–H groups in total. The molecular weight excluding hydrogens is 1720 g/mol. The molecule has 0 amide bonds. The van der Waals surface area contributed by atoms with Crippen LogP contribution in [0.1, 0.15) is 0 Å². The van der Waals surface area contributed by atoms with Crippen LogP contribution >= 0.6 is 151 Å². The largest absolute Gasteiger partial charge is 0.480 e. The van der Waals surface area contributed by atoms with Crippen molar-refractivity contribution >= 4 is 235 Å². The molecule has 0 aliphatic heterocycles. The van der Waals surface area contributed by atoms with Crippen LogP contribution in [0.4, 0.5) is 0 Å². The Hall–Kier alpha value is -3.08. The molecule has 0 aromatic carbocycles. The number of aliphatic carboxylic acids is 4. The number of hydrogen-bond donors (Lipinski definition) is 18. The van der Waals surface area contributed by atoms with Crippen molar-refractivity contribution in [3.05, 3.63) is 0 Å². The average Bonchev–Trinajstić information content (AvgIpc) is 0.998. The van der Waals surface area contributed by atoms with E-state index in [1.54, 1.807) is 0 Å². The molecule has 56 heteroatoms. The third kappa shape index (κ3) is 71.9. The fourth-order valence-electron chi connectivity index (χ4n) is 4.18. The van der Waals surface area contributed by atoms with Crippen LogP contribution in [-0.2, 0) is 114 Å². The van der Waals surface area contributed by atoms with Crippen LogP contribution in [0.3, 0.4) is 0 Å². The molecule has 42 nitrogen and oxygen atoms in total. The summed E-state index contributed by atoms with van der Waals surface area (Å²) >= 11 is 0. The fourth-order valence-corrected chi connectivity index (χ4v) is 19.7. The first-order valence-electron chi connectivity index (χ1n) is 29.5. The second-order valence-corrected chi connectivity index (χ2v) is 36.9. The highest BCUT2D eigenvalue weighted by Gasteiger charge is 2.23. The van der Waals surface area contributed by atoms with Crippen molar-refractivity contribution in [2.24, 2.45) is 80.3 Å². The van der Waals surface area contributed by atoms with Gasteiger partial charge in [-0.2, -0.15) is 0 Å². The predicted octanol–water partition coefficient (Wildman–Crippen LogP) is -4.77. The van der Waals surface area contributed by atoms with E-state index in [0.29, 0.717) is 57.5 Å². The van der Waals surface area contributed by atoms with Gasteiger partial charge in [0, 0.05) is 80.5 Å². The maximum Gasteiger partial charge on any atom is 0.323 e. The molecular formula is C52H104N14O28S14. The van der Waals surface area contributed by atoms with Crippen LogP contribution in [0, 0.1) is 0 Å². The van der Waals surface area contributed by atoms with Gasteiger partial charge < -0.3 is 148 Å². The zero-order valence-corrected chi connectivity index (χ0v) is 71.8. The Morgan fingerprint density at radius 2 is 0.241 bits per heavy atom. The molecule has 0 fully saturated rings. The van der Waals surface area contributed by atoms with E-state index in [1.165, 1.54) is 222 Å². The Balaban J connectivity index is -0.000000220. The number of esters is 10. The minimum Gasteiger partial charge on any atom is -0.480 e. The first-order valence-corrected chi connectivity index (χ1v) is 46.9. The van der Waals surface area contributed by atoms with Gasteiger partial charge in [0.15, 0.2) is 0 Å². The molecule has 634 valence electrons. The summed E-state index contributed by atoms with van der Waals surface area (Å²) < 4.78 is 44.5. The lowest BCUT2D eigenvalue weighted by Gasteiger charge is -2.10. The molecule has 0 saturated heterocycles. The van der Waals surface area contributed by atoms with Crippen molar-refractivity contribution in [1.82, 2.24) is 0 Å². The van der Waals surface area contributed by atoms with E-state index in [-0.39, 0.29) is 23.0 Å². The van der Waals surface area contributed by atoms with Gasteiger partial charge in [-0.15, -0.1) is 0 Å². The molecule has 0 bridgehead atoms. The molecule has 0 aliphatic carbocycles. The van der Waals surface area contributed by atoms with Crippen molar-refractivity contribution in [2.45, 2.75) is 84.6 Å². The van der Waals surface area contributed by atoms with Gasteiger partial charge in [0.2, 0.25) is 0 Å². The maximum atomic E-state index is 10.9. The number of ether oxygens (including phenoxy) is 10. The lowest BCUT2D eigenvalue weighted by molar-refractivity contribution is -0.142. The Morgan fingerprint density at radius 3 is 0.296 bits per heavy atom. The summed E-state index contributed by atoms with van der Waals surface area (Å²) in [6, 6.07) is -10.2. The van der Waals surface area contributed by atoms with Crippen molar-refractivity contribution < 1.29 is 135 Å². The summed E-state index contributed by atoms with van der Waals surface area (Å²) in [5.41, 5.74) is 75.8. The van der Waals surface area contributed by atoms with Crippen LogP contribution in [0.5, 0.6) is 0 Å². The van der Waals surface area contributed by atoms with E-state index < -0.39 is 168 Å². The van der Waals surface area contributed by atoms with Crippen molar-refractivity contribution in [1.29, 1.82) is 0 Å². The summed E-state index contributed by atoms with van der Waals surface area (Å²) in [6.45, 7) is 0. The summed E-state index contributed by atoms with van der Waals surface area (Å²) in [6.07, 6.45) is 0. The van der Waals surface area contributed by atoms with Gasteiger partial charge in [-0.25, -0.2) is 0 Å². The van der Waals surface area contributed by atoms with E-state index in [1.807, 2.05) is 0 Å². The SMILES string of the molecule is COC(=O)[C@@H](N)CSSC[C@@H](N)C(=O)O.COC(=O)[C@@H](N)CSSC[C@H](N)C(=O)O.COC(=O)[C@@H](N)CSSC[C@H](N)C(=O)OC.COC(=O)[C@H](N)CSSC[C@@H](N)C(=O)O.COC(=O)[C@H](N)CSSC[C@@H](N)C(=O)OC.COC(=O)[C@H](N)CSSC[C@H](N)C(=O)O.COC(=O)[C@H](N)CSSC[C@H](N)C(=O)OC. The van der Waals surface area contributed by atoms with Gasteiger partial charge in [-0.3, -0.25) is 67.1 Å². The Labute approximate surface area is 680 Å². The quantitative estimate of drug-likeness (QED) is 0.0118. The molecule has 0 aliphatic rings. The van der Waals surface area contributed by atoms with Gasteiger partial charge in [0.1, 0.15) is 84.6 Å². The standard InChI is InChI=1S/3C8H16N2O4S2.4C7H14N2O4S2/c3*1-13-7(11)5(9)3-15-16-4-6(10)8(12)14-2;4*1-13-7(12)5(9)3-15-14-2-4(8)6(10)11/h3*5-6H,3-4,9-10H2,1-2H3;4*4-5H,2-3,8-9H2,1H3,(H,10,11)/t5-,6+;2*5-,6-;2*4-,5+;2*4-,5-/m.101010/s1. The first kappa shape index (κ1) is 118. The molecule has 0 spiro atoms. The molecule has 108 heavy (non-hydrogen) atoms. The minimum atomic E-state index is -1.04. The van der Waals surface area contributed by atoms with Crippen molar-refractivity contribution in [3.63, 3.8) is 0 Å². The fraction of sp³-hybridized carbons (Fsp3) is 0.731. The third-order valence-electron chi connectivity index (χ3n) is 10.4. The van der Waals surface area contributed by atoms with Crippen LogP contribution in [0.15, 0.2) is 0 Å². The third-order valence-corrected chi connectivity index (χ3v) is 27.7. The summed E-state index contributed by atoms with van der Waals surface area (Å²) in [4.78, 5) is 150. The van der Waals surface area contributed by atoms with E-state index >= 15 is 0 Å². The summed E-state index contributed by atoms with van der Waals surface area (Å²) in [5.74, 6) is -3.82. The van der Waals surface area contributed by atoms with Gasteiger partial charge in [-0.05, 0) is 0 Å². The minimum absolute atomic E-state index is 0.272. The number of carboxylic acid groups (broad SMARTS) is 4. The van der Waals surface area contributed by atoms with E-state index in [9.17, 15) is 67.1 Å². The van der Waals surface area contributed by atoms with Crippen LogP contribution < -0.4 is 80.3 Å². The second-order valence-electron chi connectivity index (χ2n) is 19.1. The number of carbonyl (C=O) groups excluding carboxylic acids is 10. The summed E-state index contributed by atoms with van der Waals surface area (Å²) in [7, 11) is 31.2. The van der Waals surface area contributed by atoms with E-state index in [0.717, 1.165) is 0 Å². The molecule has 0 saturated carbocycles. The lowest BCUT2D eigenvalue weighted by atomic mass is 10.4. The molecule has 0 unspecified atom stereocenters. The smallest absolute Gasteiger partial charge is 0.323 e. The highest BCUT2D eigenvalue weighted by atomic mass is 33.1. The lowest BCUT2D eigenvalue weighted by Crippen LogP contribution is -2.34. The number of nitrogens with two attached hydrogens (primary N) is 14. The van der Waals surface area contributed by atoms with Crippen LogP contribution in [-0.4, -0.2) is 340 Å². The van der Waals surface area contributed by atoms with Gasteiger partial charge in [0.05, 0.1) is 71.1 Å². The van der Waals surface area contributed by atoms with Crippen LogP contribution in [0.2, 0.25) is 0 Å². The zero-order chi connectivity index (χ0) is 85.0. The molecule has 14 atom stereocenters. The topological polar surface area (TPSA) is 776 Å². The highest BCUT2D eigenvalue weighted by Crippen LogP contribution is 2.27. The number of carbonyl (C=O) groups is 14. The number of carboxylic acids is 4. The average molecular weight is 1820 g/mol. The molecule has 0 aromatic heterocycles. The predicted molar refractivity (Wildman–Crippen MR) is 437 cm³/mol. The maximum absolute atomic E-state index is 10.9. The van der Waals surface area contributed by atoms with Crippen molar-refractivity contribution in [2.75, 3.05) is 152 Å². The monoisotopic (exact) mass is 1820 g/mol. The van der Waals surface area contributed by atoms with Gasteiger partial charge in [-0.1, -0.05) is 151 Å². The normalized spacial score (nSPS) is 14.2. The molecule has 0 heterocycles. The summed E-state index contributed by atoms with van der Waals surface area (Å²) in [5, 5.41) is 33.9. The highest BCUT2D eigenvalue weighted by molar-refractivity contribution is 8.78. The van der Waals surface area contributed by atoms with Gasteiger partial charge in [0.25, 0.3) is 0 Å². The second kappa shape index (κ2) is 77.8. The first-order chi connectivity index (χ1) is 50.5. The number of rotatable bonds is 49. The van der Waals surface area contributed by atoms with Crippen molar-refractivity contribution in [3.8, 4) is 0 Å². The zero-order valence-electron chi connectivity index (χ0n) is 60.4. The van der Waals surface area contributed by atoms with Gasteiger partial charge >= 0.3 is 83.6 Å². The number of methoxy groups -OCH3 is 10. The Morgan fingerprint density at radius 1 is 0.176 bits per heavy atom. The van der Waals surface area contributed by atoms with Crippen LogP contribution in [0.25, 0.3) is 0 Å².